The van der Waals surface area contributed by atoms with E-state index in [0.29, 0.717) is 5.13 Å². The van der Waals surface area contributed by atoms with Crippen molar-refractivity contribution in [3.63, 3.8) is 0 Å². The fourth-order valence-electron chi connectivity index (χ4n) is 1.31. The molecule has 0 radical (unpaired) electrons. The number of nitrogen functional groups attached to an aromatic ring is 1. The lowest BCUT2D eigenvalue weighted by molar-refractivity contribution is 0.102. The van der Waals surface area contributed by atoms with Crippen molar-refractivity contribution in [3.05, 3.63) is 41.2 Å². The van der Waals surface area contributed by atoms with Crippen molar-refractivity contribution >= 4 is 28.1 Å². The molecule has 1 amide bonds. The Hall–Kier alpha value is -1.99. The molecule has 88 valence electrons. The fourth-order valence-corrected chi connectivity index (χ4v) is 1.83. The molecule has 0 saturated heterocycles. The molecule has 0 spiro atoms. The highest BCUT2D eigenvalue weighted by Gasteiger charge is 2.15. The van der Waals surface area contributed by atoms with Gasteiger partial charge in [-0.25, -0.2) is 9.37 Å². The minimum atomic E-state index is -0.584. The number of halogens is 1. The summed E-state index contributed by atoms with van der Waals surface area (Å²) in [6, 6.07) is 4.13. The number of hydrogen-bond acceptors (Lipinski definition) is 5. The van der Waals surface area contributed by atoms with E-state index >= 15 is 0 Å². The third-order valence-corrected chi connectivity index (χ3v) is 2.74. The zero-order valence-electron chi connectivity index (χ0n) is 8.61. The molecule has 0 fully saturated rings. The number of carbonyl (C=O) groups excluding carboxylic acids is 1. The maximum absolute atomic E-state index is 13.4. The van der Waals surface area contributed by atoms with Crippen LogP contribution in [0.1, 0.15) is 10.4 Å². The van der Waals surface area contributed by atoms with Gasteiger partial charge < -0.3 is 5.43 Å². The van der Waals surface area contributed by atoms with Crippen LogP contribution in [0.4, 0.5) is 15.2 Å². The number of hydrazine groups is 1. The SMILES string of the molecule is NNc1c(F)cccc1C(=O)Nc1nccs1. The smallest absolute Gasteiger partial charge is 0.259 e. The minimum absolute atomic E-state index is 0.0402. The summed E-state index contributed by atoms with van der Waals surface area (Å²) in [4.78, 5) is 15.7. The molecular weight excluding hydrogens is 243 g/mol. The molecule has 4 N–H and O–H groups in total. The van der Waals surface area contributed by atoms with Gasteiger partial charge in [0.1, 0.15) is 5.82 Å². The van der Waals surface area contributed by atoms with Gasteiger partial charge >= 0.3 is 0 Å². The van der Waals surface area contributed by atoms with Crippen molar-refractivity contribution in [1.29, 1.82) is 0 Å². The summed E-state index contributed by atoms with van der Waals surface area (Å²) < 4.78 is 13.4. The Balaban J connectivity index is 2.28. The van der Waals surface area contributed by atoms with Crippen molar-refractivity contribution in [2.45, 2.75) is 0 Å². The summed E-state index contributed by atoms with van der Waals surface area (Å²) in [6.45, 7) is 0. The van der Waals surface area contributed by atoms with Crippen LogP contribution in [0, 0.1) is 5.82 Å². The zero-order valence-corrected chi connectivity index (χ0v) is 9.42. The van der Waals surface area contributed by atoms with Gasteiger partial charge in [-0.05, 0) is 12.1 Å². The Morgan fingerprint density at radius 3 is 2.94 bits per heavy atom. The normalized spacial score (nSPS) is 10.0. The van der Waals surface area contributed by atoms with E-state index in [2.05, 4.69) is 15.7 Å². The van der Waals surface area contributed by atoms with Gasteiger partial charge in [0.15, 0.2) is 5.13 Å². The lowest BCUT2D eigenvalue weighted by Crippen LogP contribution is -2.18. The highest BCUT2D eigenvalue weighted by molar-refractivity contribution is 7.13. The first kappa shape index (κ1) is 11.5. The minimum Gasteiger partial charge on any atom is -0.321 e. The molecule has 0 atom stereocenters. The van der Waals surface area contributed by atoms with E-state index in [1.807, 2.05) is 0 Å². The number of carbonyl (C=O) groups is 1. The Morgan fingerprint density at radius 2 is 2.29 bits per heavy atom. The molecular formula is C10H9FN4OS. The van der Waals surface area contributed by atoms with E-state index in [1.165, 1.54) is 29.5 Å². The summed E-state index contributed by atoms with van der Waals surface area (Å²) in [5, 5.41) is 4.72. The van der Waals surface area contributed by atoms with Crippen LogP contribution in [-0.2, 0) is 0 Å². The molecule has 5 nitrogen and oxygen atoms in total. The Kier molecular flexibility index (Phi) is 3.31. The van der Waals surface area contributed by atoms with Crippen LogP contribution in [-0.4, -0.2) is 10.9 Å². The lowest BCUT2D eigenvalue weighted by Gasteiger charge is -2.08. The first-order chi connectivity index (χ1) is 8.22. The topological polar surface area (TPSA) is 80.0 Å². The van der Waals surface area contributed by atoms with Crippen LogP contribution < -0.4 is 16.6 Å². The number of thiazole rings is 1. The third kappa shape index (κ3) is 2.40. The maximum atomic E-state index is 13.4. The number of aromatic nitrogens is 1. The number of anilines is 2. The molecule has 2 rings (SSSR count). The second-order valence-electron chi connectivity index (χ2n) is 3.10. The number of benzene rings is 1. The molecule has 1 aromatic heterocycles. The number of nitrogens with zero attached hydrogens (tertiary/aromatic N) is 1. The summed E-state index contributed by atoms with van der Waals surface area (Å²) in [5.41, 5.74) is 2.26. The molecule has 0 bridgehead atoms. The predicted octanol–water partition coefficient (Wildman–Crippen LogP) is 1.82. The molecule has 0 aliphatic carbocycles. The molecule has 1 aromatic carbocycles. The largest absolute Gasteiger partial charge is 0.321 e. The van der Waals surface area contributed by atoms with Crippen molar-refractivity contribution in [3.8, 4) is 0 Å². The zero-order chi connectivity index (χ0) is 12.3. The molecule has 0 unspecified atom stereocenters. The Bertz CT molecular complexity index is 529. The van der Waals surface area contributed by atoms with Crippen molar-refractivity contribution < 1.29 is 9.18 Å². The van der Waals surface area contributed by atoms with Gasteiger partial charge in [0.05, 0.1) is 11.3 Å². The average Bonchev–Trinajstić information content (AvgIpc) is 2.81. The van der Waals surface area contributed by atoms with Crippen LogP contribution in [0.25, 0.3) is 0 Å². The monoisotopic (exact) mass is 252 g/mol. The standard InChI is InChI=1S/C10H9FN4OS/c11-7-3-1-2-6(8(7)15-12)9(16)14-10-13-4-5-17-10/h1-5,15H,12H2,(H,13,14,16). The van der Waals surface area contributed by atoms with Gasteiger partial charge in [0.25, 0.3) is 5.91 Å². The second kappa shape index (κ2) is 4.89. The Labute approximate surface area is 100 Å². The lowest BCUT2D eigenvalue weighted by atomic mass is 10.1. The third-order valence-electron chi connectivity index (χ3n) is 2.06. The molecule has 0 aliphatic rings. The number of para-hydroxylation sites is 1. The van der Waals surface area contributed by atoms with Gasteiger partial charge in [0.2, 0.25) is 0 Å². The number of nitrogens with two attached hydrogens (primary N) is 1. The first-order valence-corrected chi connectivity index (χ1v) is 5.56. The molecule has 1 heterocycles. The average molecular weight is 252 g/mol. The maximum Gasteiger partial charge on any atom is 0.259 e. The van der Waals surface area contributed by atoms with E-state index in [1.54, 1.807) is 11.6 Å². The first-order valence-electron chi connectivity index (χ1n) is 4.68. The number of hydrogen-bond donors (Lipinski definition) is 3. The summed E-state index contributed by atoms with van der Waals surface area (Å²) in [7, 11) is 0. The molecule has 0 aliphatic heterocycles. The van der Waals surface area contributed by atoms with E-state index in [-0.39, 0.29) is 11.3 Å². The summed E-state index contributed by atoms with van der Waals surface area (Å²) in [6.07, 6.45) is 1.56. The van der Waals surface area contributed by atoms with Crippen LogP contribution >= 0.6 is 11.3 Å². The van der Waals surface area contributed by atoms with E-state index in [9.17, 15) is 9.18 Å². The van der Waals surface area contributed by atoms with Crippen molar-refractivity contribution in [2.75, 3.05) is 10.7 Å². The van der Waals surface area contributed by atoms with E-state index in [0.717, 1.165) is 0 Å². The van der Waals surface area contributed by atoms with Gasteiger partial charge in [-0.2, -0.15) is 0 Å². The van der Waals surface area contributed by atoms with Crippen molar-refractivity contribution in [2.24, 2.45) is 5.84 Å². The molecule has 0 saturated carbocycles. The number of rotatable bonds is 3. The van der Waals surface area contributed by atoms with Gasteiger partial charge in [-0.1, -0.05) is 6.07 Å². The fraction of sp³-hybridized carbons (Fsp3) is 0. The molecule has 7 heteroatoms. The number of nitrogens with one attached hydrogen (secondary N) is 2. The van der Waals surface area contributed by atoms with Crippen LogP contribution in [0.2, 0.25) is 0 Å². The highest BCUT2D eigenvalue weighted by Crippen LogP contribution is 2.20. The Morgan fingerprint density at radius 1 is 1.47 bits per heavy atom. The van der Waals surface area contributed by atoms with Crippen LogP contribution in [0.5, 0.6) is 0 Å². The highest BCUT2D eigenvalue weighted by atomic mass is 32.1. The van der Waals surface area contributed by atoms with Gasteiger partial charge in [-0.15, -0.1) is 11.3 Å². The van der Waals surface area contributed by atoms with E-state index in [4.69, 9.17) is 5.84 Å². The van der Waals surface area contributed by atoms with Gasteiger partial charge in [0, 0.05) is 11.6 Å². The molecule has 17 heavy (non-hydrogen) atoms. The predicted molar refractivity (Wildman–Crippen MR) is 64.3 cm³/mol. The van der Waals surface area contributed by atoms with Crippen LogP contribution in [0.15, 0.2) is 29.8 Å². The second-order valence-corrected chi connectivity index (χ2v) is 3.99. The quantitative estimate of drug-likeness (QED) is 0.575. The molecule has 2 aromatic rings. The van der Waals surface area contributed by atoms with Gasteiger partial charge in [-0.3, -0.25) is 16.0 Å². The summed E-state index contributed by atoms with van der Waals surface area (Å²) >= 11 is 1.28. The number of amides is 1. The van der Waals surface area contributed by atoms with Crippen LogP contribution in [0.3, 0.4) is 0 Å². The summed E-state index contributed by atoms with van der Waals surface area (Å²) in [5.74, 6) is 4.13. The van der Waals surface area contributed by atoms with E-state index < -0.39 is 11.7 Å². The van der Waals surface area contributed by atoms with Crippen molar-refractivity contribution in [1.82, 2.24) is 4.98 Å².